The number of rotatable bonds is 4. The Kier molecular flexibility index (Phi) is 5.16. The zero-order valence-electron chi connectivity index (χ0n) is 14.1. The average Bonchev–Trinajstić information content (AvgIpc) is 2.65. The van der Waals surface area contributed by atoms with E-state index in [1.54, 1.807) is 12.1 Å². The molecule has 0 saturated heterocycles. The van der Waals surface area contributed by atoms with Gasteiger partial charge in [0.05, 0.1) is 16.6 Å². The number of esters is 1. The first-order chi connectivity index (χ1) is 13.3. The molecular formula is C19H12F3NO5. The molecule has 144 valence electrons. The number of alkyl halides is 3. The Labute approximate surface area is 155 Å². The number of hydrogen-bond acceptors (Lipinski definition) is 5. The second-order valence-corrected chi connectivity index (χ2v) is 5.64. The molecule has 6 nitrogen and oxygen atoms in total. The van der Waals surface area contributed by atoms with E-state index in [-0.39, 0.29) is 11.0 Å². The Morgan fingerprint density at radius 2 is 1.71 bits per heavy atom. The standard InChI is InChI=1S/C19H12F3NO5/c20-19(21,22)12-6-2-3-7-13(12)23-17(25)10-27-18(26)16-9-14(24)11-5-1-4-8-15(11)28-16/h1-9H,10H2,(H,23,25). The van der Waals surface area contributed by atoms with E-state index < -0.39 is 47.1 Å². The van der Waals surface area contributed by atoms with Crippen molar-refractivity contribution < 1.29 is 31.9 Å². The molecule has 0 radical (unpaired) electrons. The number of amides is 1. The molecular weight excluding hydrogens is 379 g/mol. The molecule has 0 fully saturated rings. The number of benzene rings is 2. The van der Waals surface area contributed by atoms with Crippen LogP contribution in [0.4, 0.5) is 18.9 Å². The van der Waals surface area contributed by atoms with Crippen LogP contribution in [0.3, 0.4) is 0 Å². The Hall–Kier alpha value is -3.62. The van der Waals surface area contributed by atoms with Crippen molar-refractivity contribution in [3.8, 4) is 0 Å². The number of fused-ring (bicyclic) bond motifs is 1. The lowest BCUT2D eigenvalue weighted by Gasteiger charge is -2.13. The van der Waals surface area contributed by atoms with Gasteiger partial charge in [0.15, 0.2) is 12.0 Å². The number of halogens is 3. The fraction of sp³-hybridized carbons (Fsp3) is 0.105. The maximum Gasteiger partial charge on any atom is 0.418 e. The van der Waals surface area contributed by atoms with Gasteiger partial charge in [0, 0.05) is 6.07 Å². The van der Waals surface area contributed by atoms with Crippen LogP contribution in [0.25, 0.3) is 11.0 Å². The first kappa shape index (κ1) is 19.2. The SMILES string of the molecule is O=C(COC(=O)c1cc(=O)c2ccccc2o1)Nc1ccccc1C(F)(F)F. The van der Waals surface area contributed by atoms with Crippen LogP contribution >= 0.6 is 0 Å². The molecule has 0 bridgehead atoms. The summed E-state index contributed by atoms with van der Waals surface area (Å²) in [5, 5.41) is 2.30. The fourth-order valence-electron chi connectivity index (χ4n) is 2.43. The van der Waals surface area contributed by atoms with Crippen molar-refractivity contribution in [2.75, 3.05) is 11.9 Å². The van der Waals surface area contributed by atoms with Crippen LogP contribution in [0.15, 0.2) is 63.8 Å². The molecule has 1 aromatic heterocycles. The van der Waals surface area contributed by atoms with E-state index >= 15 is 0 Å². The zero-order valence-corrected chi connectivity index (χ0v) is 14.1. The third kappa shape index (κ3) is 4.20. The molecule has 0 unspecified atom stereocenters. The molecule has 0 aliphatic heterocycles. The third-order valence-corrected chi connectivity index (χ3v) is 3.68. The number of carbonyl (C=O) groups excluding carboxylic acids is 2. The van der Waals surface area contributed by atoms with Gasteiger partial charge in [-0.2, -0.15) is 13.2 Å². The lowest BCUT2D eigenvalue weighted by Crippen LogP contribution is -2.23. The van der Waals surface area contributed by atoms with Crippen LogP contribution in [0.1, 0.15) is 16.1 Å². The summed E-state index contributed by atoms with van der Waals surface area (Å²) >= 11 is 0. The predicted octanol–water partition coefficient (Wildman–Crippen LogP) is 3.61. The highest BCUT2D eigenvalue weighted by atomic mass is 19.4. The first-order valence-corrected chi connectivity index (χ1v) is 7.92. The van der Waals surface area contributed by atoms with Crippen molar-refractivity contribution in [3.63, 3.8) is 0 Å². The number of para-hydroxylation sites is 2. The van der Waals surface area contributed by atoms with Crippen molar-refractivity contribution in [1.29, 1.82) is 0 Å². The van der Waals surface area contributed by atoms with Crippen LogP contribution in [0.5, 0.6) is 0 Å². The van der Waals surface area contributed by atoms with Gasteiger partial charge in [0.25, 0.3) is 5.91 Å². The molecule has 0 aliphatic carbocycles. The van der Waals surface area contributed by atoms with Crippen LogP contribution in [0, 0.1) is 0 Å². The van der Waals surface area contributed by atoms with Gasteiger partial charge in [-0.1, -0.05) is 24.3 Å². The van der Waals surface area contributed by atoms with E-state index in [4.69, 9.17) is 9.15 Å². The molecule has 3 rings (SSSR count). The van der Waals surface area contributed by atoms with Crippen molar-refractivity contribution in [1.82, 2.24) is 0 Å². The quantitative estimate of drug-likeness (QED) is 0.687. The van der Waals surface area contributed by atoms with E-state index in [2.05, 4.69) is 0 Å². The number of nitrogens with one attached hydrogen (secondary N) is 1. The van der Waals surface area contributed by atoms with Gasteiger partial charge in [-0.25, -0.2) is 4.79 Å². The summed E-state index contributed by atoms with van der Waals surface area (Å²) in [7, 11) is 0. The van der Waals surface area contributed by atoms with E-state index in [1.165, 1.54) is 24.3 Å². The molecule has 9 heteroatoms. The minimum Gasteiger partial charge on any atom is -0.450 e. The monoisotopic (exact) mass is 391 g/mol. The number of hydrogen-bond donors (Lipinski definition) is 1. The molecule has 28 heavy (non-hydrogen) atoms. The largest absolute Gasteiger partial charge is 0.450 e. The summed E-state index contributed by atoms with van der Waals surface area (Å²) in [4.78, 5) is 35.8. The van der Waals surface area contributed by atoms with Gasteiger partial charge < -0.3 is 14.5 Å². The minimum absolute atomic E-state index is 0.158. The van der Waals surface area contributed by atoms with Crippen molar-refractivity contribution in [3.05, 3.63) is 76.1 Å². The number of carbonyl (C=O) groups is 2. The molecule has 2 aromatic carbocycles. The van der Waals surface area contributed by atoms with Gasteiger partial charge >= 0.3 is 12.1 Å². The molecule has 0 spiro atoms. The Bertz CT molecular complexity index is 1100. The maximum atomic E-state index is 12.9. The van der Waals surface area contributed by atoms with Crippen molar-refractivity contribution in [2.45, 2.75) is 6.18 Å². The minimum atomic E-state index is -4.66. The summed E-state index contributed by atoms with van der Waals surface area (Å²) in [5.74, 6) is -2.50. The molecule has 1 N–H and O–H groups in total. The van der Waals surface area contributed by atoms with Crippen molar-refractivity contribution >= 4 is 28.5 Å². The fourth-order valence-corrected chi connectivity index (χ4v) is 2.43. The second-order valence-electron chi connectivity index (χ2n) is 5.64. The lowest BCUT2D eigenvalue weighted by atomic mass is 10.1. The lowest BCUT2D eigenvalue weighted by molar-refractivity contribution is -0.137. The summed E-state index contributed by atoms with van der Waals surface area (Å²) in [5.41, 5.74) is -1.81. The summed E-state index contributed by atoms with van der Waals surface area (Å²) < 4.78 is 48.8. The van der Waals surface area contributed by atoms with Gasteiger partial charge in [-0.3, -0.25) is 9.59 Å². The maximum absolute atomic E-state index is 12.9. The van der Waals surface area contributed by atoms with E-state index in [0.29, 0.717) is 0 Å². The van der Waals surface area contributed by atoms with Gasteiger partial charge in [0.1, 0.15) is 5.58 Å². The topological polar surface area (TPSA) is 85.6 Å². The summed E-state index contributed by atoms with van der Waals surface area (Å²) in [6.45, 7) is -0.860. The summed E-state index contributed by atoms with van der Waals surface area (Å²) in [6.07, 6.45) is -4.66. The van der Waals surface area contributed by atoms with Gasteiger partial charge in [0.2, 0.25) is 5.76 Å². The highest BCUT2D eigenvalue weighted by Gasteiger charge is 2.33. The van der Waals surface area contributed by atoms with Gasteiger partial charge in [-0.05, 0) is 24.3 Å². The molecule has 1 heterocycles. The Morgan fingerprint density at radius 1 is 1.04 bits per heavy atom. The van der Waals surface area contributed by atoms with E-state index in [9.17, 15) is 27.6 Å². The molecule has 0 atom stereocenters. The Morgan fingerprint density at radius 3 is 2.46 bits per heavy atom. The van der Waals surface area contributed by atoms with Crippen LogP contribution in [0.2, 0.25) is 0 Å². The third-order valence-electron chi connectivity index (χ3n) is 3.68. The number of anilines is 1. The van der Waals surface area contributed by atoms with Crippen LogP contribution in [-0.2, 0) is 15.7 Å². The van der Waals surface area contributed by atoms with Gasteiger partial charge in [-0.15, -0.1) is 0 Å². The molecule has 0 aliphatic rings. The van der Waals surface area contributed by atoms with Crippen molar-refractivity contribution in [2.24, 2.45) is 0 Å². The molecule has 0 saturated carbocycles. The number of ether oxygens (including phenoxy) is 1. The zero-order chi connectivity index (χ0) is 20.3. The average molecular weight is 391 g/mol. The summed E-state index contributed by atoms with van der Waals surface area (Å²) in [6, 6.07) is 11.5. The van der Waals surface area contributed by atoms with Crippen LogP contribution in [-0.4, -0.2) is 18.5 Å². The van der Waals surface area contributed by atoms with Crippen LogP contribution < -0.4 is 10.7 Å². The first-order valence-electron chi connectivity index (χ1n) is 7.92. The molecule has 1 amide bonds. The van der Waals surface area contributed by atoms with E-state index in [0.717, 1.165) is 18.2 Å². The normalized spacial score (nSPS) is 11.2. The highest BCUT2D eigenvalue weighted by Crippen LogP contribution is 2.34. The smallest absolute Gasteiger partial charge is 0.418 e. The second kappa shape index (κ2) is 7.55. The molecule has 3 aromatic rings. The predicted molar refractivity (Wildman–Crippen MR) is 92.8 cm³/mol. The highest BCUT2D eigenvalue weighted by molar-refractivity contribution is 5.95. The Balaban J connectivity index is 1.69. The van der Waals surface area contributed by atoms with E-state index in [1.807, 2.05) is 5.32 Å².